The Morgan fingerprint density at radius 2 is 2.07 bits per heavy atom. The SMILES string of the molecule is CC.CCCN1C(c2cccc(NSCC)c2)=C(C#N)C2=CC=C(OC)CCC21. The fraction of sp³-hybridized carbons (Fsp3) is 0.458. The standard InChI is InChI=1S/C22H27N3OS.C2H6/c1-4-13-25-21-12-10-18(26-3)9-11-19(21)20(15-23)22(25)16-7-6-8-17(14-16)24-27-5-2;1-2/h6-9,11,14,21,24H,4-5,10,12-13H2,1-3H3;1-2H3. The van der Waals surface area contributed by atoms with Crippen molar-refractivity contribution in [3.63, 3.8) is 0 Å². The van der Waals surface area contributed by atoms with Crippen LogP contribution in [0.25, 0.3) is 5.70 Å². The molecule has 2 aliphatic rings. The quantitative estimate of drug-likeness (QED) is 0.528. The zero-order chi connectivity index (χ0) is 21.2. The Labute approximate surface area is 180 Å². The maximum Gasteiger partial charge on any atom is 0.102 e. The van der Waals surface area contributed by atoms with Crippen molar-refractivity contribution in [1.82, 2.24) is 4.90 Å². The third-order valence-corrected chi connectivity index (χ3v) is 5.64. The molecular weight excluding hydrogens is 378 g/mol. The molecule has 0 spiro atoms. The molecule has 0 saturated heterocycles. The van der Waals surface area contributed by atoms with E-state index < -0.39 is 0 Å². The summed E-state index contributed by atoms with van der Waals surface area (Å²) in [7, 11) is 1.72. The number of nitriles is 1. The number of anilines is 1. The van der Waals surface area contributed by atoms with Crippen LogP contribution in [-0.4, -0.2) is 30.3 Å². The van der Waals surface area contributed by atoms with E-state index in [9.17, 15) is 5.26 Å². The third-order valence-electron chi connectivity index (χ3n) is 4.97. The molecule has 1 aliphatic heterocycles. The smallest absolute Gasteiger partial charge is 0.102 e. The number of rotatable bonds is 7. The summed E-state index contributed by atoms with van der Waals surface area (Å²) in [5.74, 6) is 1.98. The van der Waals surface area contributed by atoms with Crippen LogP contribution in [-0.2, 0) is 4.74 Å². The highest BCUT2D eigenvalue weighted by atomic mass is 32.2. The fourth-order valence-electron chi connectivity index (χ4n) is 3.81. The number of fused-ring (bicyclic) bond motifs is 1. The maximum absolute atomic E-state index is 10.0. The van der Waals surface area contributed by atoms with Crippen LogP contribution in [0.1, 0.15) is 52.5 Å². The molecular formula is C24H33N3OS. The highest BCUT2D eigenvalue weighted by molar-refractivity contribution is 8.00. The molecule has 5 heteroatoms. The first-order chi connectivity index (χ1) is 14.2. The van der Waals surface area contributed by atoms with Crippen LogP contribution >= 0.6 is 11.9 Å². The molecule has 1 N–H and O–H groups in total. The normalized spacial score (nSPS) is 17.9. The lowest BCUT2D eigenvalue weighted by atomic mass is 9.99. The Bertz CT molecular complexity index is 820. The van der Waals surface area contributed by atoms with Crippen LogP contribution in [0.15, 0.2) is 53.3 Å². The maximum atomic E-state index is 10.0. The van der Waals surface area contributed by atoms with Gasteiger partial charge in [0.25, 0.3) is 0 Å². The van der Waals surface area contributed by atoms with Gasteiger partial charge in [0.15, 0.2) is 0 Å². The Kier molecular flexibility index (Phi) is 9.21. The minimum absolute atomic E-state index is 0.236. The Morgan fingerprint density at radius 1 is 1.28 bits per heavy atom. The molecule has 1 heterocycles. The number of methoxy groups -OCH3 is 1. The van der Waals surface area contributed by atoms with E-state index >= 15 is 0 Å². The van der Waals surface area contributed by atoms with Crippen molar-refractivity contribution in [1.29, 1.82) is 5.26 Å². The van der Waals surface area contributed by atoms with Gasteiger partial charge in [0, 0.05) is 30.0 Å². The van der Waals surface area contributed by atoms with Crippen molar-refractivity contribution in [2.75, 3.05) is 24.1 Å². The van der Waals surface area contributed by atoms with Crippen molar-refractivity contribution >= 4 is 23.3 Å². The van der Waals surface area contributed by atoms with Gasteiger partial charge in [-0.15, -0.1) is 0 Å². The summed E-state index contributed by atoms with van der Waals surface area (Å²) < 4.78 is 8.83. The molecule has 0 radical (unpaired) electrons. The van der Waals surface area contributed by atoms with Crippen molar-refractivity contribution in [2.45, 2.75) is 53.0 Å². The Balaban J connectivity index is 0.00000145. The fourth-order valence-corrected chi connectivity index (χ4v) is 4.25. The van der Waals surface area contributed by atoms with Crippen LogP contribution < -0.4 is 4.72 Å². The van der Waals surface area contributed by atoms with E-state index in [0.717, 1.165) is 65.4 Å². The molecule has 4 nitrogen and oxygen atoms in total. The molecule has 0 aromatic heterocycles. The first-order valence-electron chi connectivity index (χ1n) is 10.6. The predicted octanol–water partition coefficient (Wildman–Crippen LogP) is 6.37. The van der Waals surface area contributed by atoms with Gasteiger partial charge in [0.05, 0.1) is 30.2 Å². The highest BCUT2D eigenvalue weighted by Gasteiger charge is 2.37. The summed E-state index contributed by atoms with van der Waals surface area (Å²) in [6, 6.07) is 11.1. The van der Waals surface area contributed by atoms with Gasteiger partial charge in [0.2, 0.25) is 0 Å². The lowest BCUT2D eigenvalue weighted by Crippen LogP contribution is -2.31. The average Bonchev–Trinajstić information content (AvgIpc) is 2.91. The minimum atomic E-state index is 0.236. The molecule has 0 amide bonds. The Morgan fingerprint density at radius 3 is 2.72 bits per heavy atom. The van der Waals surface area contributed by atoms with Gasteiger partial charge in [-0.2, -0.15) is 5.26 Å². The van der Waals surface area contributed by atoms with E-state index in [-0.39, 0.29) is 6.04 Å². The number of nitrogens with zero attached hydrogens (tertiary/aromatic N) is 2. The molecule has 1 unspecified atom stereocenters. The number of ether oxygens (including phenoxy) is 1. The van der Waals surface area contributed by atoms with E-state index in [1.807, 2.05) is 19.9 Å². The summed E-state index contributed by atoms with van der Waals surface area (Å²) in [6.07, 6.45) is 7.00. The highest BCUT2D eigenvalue weighted by Crippen LogP contribution is 2.43. The third kappa shape index (κ3) is 5.19. The second-order valence-electron chi connectivity index (χ2n) is 6.66. The number of benzene rings is 1. The lowest BCUT2D eigenvalue weighted by molar-refractivity contribution is 0.261. The van der Waals surface area contributed by atoms with Crippen molar-refractivity contribution in [3.8, 4) is 6.07 Å². The van der Waals surface area contributed by atoms with Gasteiger partial charge in [-0.3, -0.25) is 0 Å². The summed E-state index contributed by atoms with van der Waals surface area (Å²) in [5.41, 5.74) is 5.15. The second-order valence-corrected chi connectivity index (χ2v) is 7.73. The van der Waals surface area contributed by atoms with Crippen LogP contribution in [0.5, 0.6) is 0 Å². The largest absolute Gasteiger partial charge is 0.501 e. The van der Waals surface area contributed by atoms with Crippen LogP contribution in [0.3, 0.4) is 0 Å². The van der Waals surface area contributed by atoms with Crippen LogP contribution in [0, 0.1) is 11.3 Å². The zero-order valence-electron chi connectivity index (χ0n) is 18.3. The summed E-state index contributed by atoms with van der Waals surface area (Å²) >= 11 is 1.68. The molecule has 156 valence electrons. The van der Waals surface area contributed by atoms with E-state index in [2.05, 4.69) is 59.9 Å². The first-order valence-corrected chi connectivity index (χ1v) is 11.6. The number of allylic oxidation sites excluding steroid dienone is 3. The molecule has 3 rings (SSSR count). The average molecular weight is 412 g/mol. The molecule has 29 heavy (non-hydrogen) atoms. The van der Waals surface area contributed by atoms with Crippen molar-refractivity contribution in [2.24, 2.45) is 0 Å². The molecule has 0 fully saturated rings. The van der Waals surface area contributed by atoms with Gasteiger partial charge in [-0.05, 0) is 36.6 Å². The van der Waals surface area contributed by atoms with Gasteiger partial charge >= 0.3 is 0 Å². The number of hydrogen-bond acceptors (Lipinski definition) is 5. The second kappa shape index (κ2) is 11.6. The molecule has 0 saturated carbocycles. The predicted molar refractivity (Wildman–Crippen MR) is 125 cm³/mol. The van der Waals surface area contributed by atoms with E-state index in [4.69, 9.17) is 4.74 Å². The molecule has 1 aliphatic carbocycles. The van der Waals surface area contributed by atoms with Gasteiger partial charge < -0.3 is 14.4 Å². The summed E-state index contributed by atoms with van der Waals surface area (Å²) in [5, 5.41) is 10.0. The van der Waals surface area contributed by atoms with Crippen LogP contribution in [0.2, 0.25) is 0 Å². The minimum Gasteiger partial charge on any atom is -0.501 e. The van der Waals surface area contributed by atoms with Gasteiger partial charge in [-0.25, -0.2) is 0 Å². The van der Waals surface area contributed by atoms with E-state index in [0.29, 0.717) is 0 Å². The van der Waals surface area contributed by atoms with Crippen LogP contribution in [0.4, 0.5) is 5.69 Å². The van der Waals surface area contributed by atoms with Gasteiger partial charge in [0.1, 0.15) is 6.07 Å². The molecule has 1 aromatic carbocycles. The van der Waals surface area contributed by atoms with Crippen molar-refractivity contribution < 1.29 is 4.74 Å². The topological polar surface area (TPSA) is 48.3 Å². The molecule has 0 bridgehead atoms. The lowest BCUT2D eigenvalue weighted by Gasteiger charge is -2.30. The molecule has 1 atom stereocenters. The summed E-state index contributed by atoms with van der Waals surface area (Å²) in [6.45, 7) is 9.25. The van der Waals surface area contributed by atoms with Crippen molar-refractivity contribution in [3.05, 3.63) is 58.9 Å². The zero-order valence-corrected chi connectivity index (χ0v) is 19.1. The van der Waals surface area contributed by atoms with E-state index in [1.165, 1.54) is 0 Å². The number of hydrogen-bond donors (Lipinski definition) is 1. The van der Waals surface area contributed by atoms with E-state index in [1.54, 1.807) is 19.1 Å². The van der Waals surface area contributed by atoms with Gasteiger partial charge in [-0.1, -0.05) is 57.9 Å². The summed E-state index contributed by atoms with van der Waals surface area (Å²) in [4.78, 5) is 2.42. The monoisotopic (exact) mass is 411 g/mol. The number of nitrogens with one attached hydrogen (secondary N) is 1. The Hall–Kier alpha value is -2.32. The first kappa shape index (κ1) is 23.0. The molecule has 1 aromatic rings.